The van der Waals surface area contributed by atoms with E-state index in [9.17, 15) is 0 Å². The van der Waals surface area contributed by atoms with Crippen molar-refractivity contribution in [3.8, 4) is 0 Å². The van der Waals surface area contributed by atoms with Crippen molar-refractivity contribution >= 4 is 22.9 Å². The topological polar surface area (TPSA) is 12.9 Å². The summed E-state index contributed by atoms with van der Waals surface area (Å²) >= 11 is 7.72. The highest BCUT2D eigenvalue weighted by molar-refractivity contribution is 7.09. The summed E-state index contributed by atoms with van der Waals surface area (Å²) in [6.07, 6.45) is 3.87. The van der Waals surface area contributed by atoms with Gasteiger partial charge in [-0.25, -0.2) is 4.98 Å². The van der Waals surface area contributed by atoms with Crippen LogP contribution in [0.25, 0.3) is 0 Å². The maximum Gasteiger partial charge on any atom is 0.0928 e. The first-order chi connectivity index (χ1) is 7.88. The predicted octanol–water partition coefficient (Wildman–Crippen LogP) is 3.78. The SMILES string of the molecule is ClCC(Cc1ccccc1)Cc1nccs1. The van der Waals surface area contributed by atoms with Gasteiger partial charge in [0.05, 0.1) is 5.01 Å². The van der Waals surface area contributed by atoms with E-state index < -0.39 is 0 Å². The van der Waals surface area contributed by atoms with Crippen molar-refractivity contribution in [1.82, 2.24) is 4.98 Å². The van der Waals surface area contributed by atoms with Crippen molar-refractivity contribution in [1.29, 1.82) is 0 Å². The Morgan fingerprint density at radius 2 is 2.00 bits per heavy atom. The quantitative estimate of drug-likeness (QED) is 0.737. The molecule has 0 amide bonds. The standard InChI is InChI=1S/C13H14ClNS/c14-10-12(9-13-15-6-7-16-13)8-11-4-2-1-3-5-11/h1-7,12H,8-10H2. The van der Waals surface area contributed by atoms with Crippen molar-refractivity contribution < 1.29 is 0 Å². The van der Waals surface area contributed by atoms with Crippen molar-refractivity contribution in [3.63, 3.8) is 0 Å². The highest BCUT2D eigenvalue weighted by Gasteiger charge is 2.10. The molecule has 16 heavy (non-hydrogen) atoms. The summed E-state index contributed by atoms with van der Waals surface area (Å²) in [7, 11) is 0. The second kappa shape index (κ2) is 6.02. The van der Waals surface area contributed by atoms with Gasteiger partial charge >= 0.3 is 0 Å². The zero-order valence-corrected chi connectivity index (χ0v) is 10.5. The number of benzene rings is 1. The molecule has 0 aliphatic heterocycles. The summed E-state index contributed by atoms with van der Waals surface area (Å²) in [5.74, 6) is 1.17. The largest absolute Gasteiger partial charge is 0.250 e. The van der Waals surface area contributed by atoms with Crippen LogP contribution in [0.1, 0.15) is 10.6 Å². The molecule has 2 aromatic rings. The normalized spacial score (nSPS) is 12.6. The molecule has 0 N–H and O–H groups in total. The van der Waals surface area contributed by atoms with Crippen LogP contribution in [0.15, 0.2) is 41.9 Å². The zero-order chi connectivity index (χ0) is 11.2. The van der Waals surface area contributed by atoms with Crippen LogP contribution in [0.2, 0.25) is 0 Å². The molecule has 1 atom stereocenters. The van der Waals surface area contributed by atoms with Crippen LogP contribution < -0.4 is 0 Å². The van der Waals surface area contributed by atoms with Gasteiger partial charge in [0.2, 0.25) is 0 Å². The second-order valence-corrected chi connectivity index (χ2v) is 5.13. The molecule has 0 bridgehead atoms. The van der Waals surface area contributed by atoms with Gasteiger partial charge in [-0.05, 0) is 17.9 Å². The van der Waals surface area contributed by atoms with Gasteiger partial charge in [0.1, 0.15) is 0 Å². The molecular formula is C13H14ClNS. The van der Waals surface area contributed by atoms with Crippen LogP contribution in [-0.2, 0) is 12.8 Å². The van der Waals surface area contributed by atoms with E-state index in [1.54, 1.807) is 11.3 Å². The molecule has 0 spiro atoms. The second-order valence-electron chi connectivity index (χ2n) is 3.84. The molecule has 0 fully saturated rings. The molecular weight excluding hydrogens is 238 g/mol. The van der Waals surface area contributed by atoms with Crippen LogP contribution in [0.3, 0.4) is 0 Å². The molecule has 2 rings (SSSR count). The summed E-state index contributed by atoms with van der Waals surface area (Å²) in [6.45, 7) is 0. The van der Waals surface area contributed by atoms with Crippen LogP contribution in [0.4, 0.5) is 0 Å². The third-order valence-electron chi connectivity index (χ3n) is 2.53. The van der Waals surface area contributed by atoms with Crippen LogP contribution in [0.5, 0.6) is 0 Å². The summed E-state index contributed by atoms with van der Waals surface area (Å²) < 4.78 is 0. The Hall–Kier alpha value is -0.860. The number of nitrogens with zero attached hydrogens (tertiary/aromatic N) is 1. The Kier molecular flexibility index (Phi) is 4.37. The number of hydrogen-bond donors (Lipinski definition) is 0. The van der Waals surface area contributed by atoms with Gasteiger partial charge in [-0.15, -0.1) is 22.9 Å². The molecule has 0 saturated heterocycles. The Morgan fingerprint density at radius 3 is 2.62 bits per heavy atom. The maximum atomic E-state index is 6.01. The first kappa shape index (κ1) is 11.6. The number of alkyl halides is 1. The minimum atomic E-state index is 0.482. The van der Waals surface area contributed by atoms with E-state index in [0.717, 1.165) is 12.8 Å². The van der Waals surface area contributed by atoms with Gasteiger partial charge in [-0.1, -0.05) is 30.3 Å². The molecule has 1 aromatic heterocycles. The number of hydrogen-bond acceptors (Lipinski definition) is 2. The monoisotopic (exact) mass is 251 g/mol. The molecule has 1 aromatic carbocycles. The Balaban J connectivity index is 1.96. The minimum Gasteiger partial charge on any atom is -0.250 e. The van der Waals surface area contributed by atoms with Crippen LogP contribution in [-0.4, -0.2) is 10.9 Å². The fourth-order valence-corrected chi connectivity index (χ4v) is 2.68. The smallest absolute Gasteiger partial charge is 0.0928 e. The van der Waals surface area contributed by atoms with Crippen molar-refractivity contribution in [2.24, 2.45) is 5.92 Å². The molecule has 1 nitrogen and oxygen atoms in total. The van der Waals surface area contributed by atoms with E-state index in [-0.39, 0.29) is 0 Å². The third kappa shape index (κ3) is 3.32. The minimum absolute atomic E-state index is 0.482. The van der Waals surface area contributed by atoms with E-state index in [2.05, 4.69) is 29.2 Å². The van der Waals surface area contributed by atoms with E-state index in [0.29, 0.717) is 11.8 Å². The van der Waals surface area contributed by atoms with Crippen molar-refractivity contribution in [2.75, 3.05) is 5.88 Å². The molecule has 1 unspecified atom stereocenters. The van der Waals surface area contributed by atoms with Gasteiger partial charge < -0.3 is 0 Å². The Morgan fingerprint density at radius 1 is 1.19 bits per heavy atom. The summed E-state index contributed by atoms with van der Waals surface area (Å²) in [5, 5.41) is 3.20. The number of halogens is 1. The third-order valence-corrected chi connectivity index (χ3v) is 3.77. The lowest BCUT2D eigenvalue weighted by Crippen LogP contribution is -2.09. The van der Waals surface area contributed by atoms with E-state index in [4.69, 9.17) is 11.6 Å². The van der Waals surface area contributed by atoms with E-state index in [1.165, 1.54) is 10.6 Å². The highest BCUT2D eigenvalue weighted by atomic mass is 35.5. The first-order valence-electron chi connectivity index (χ1n) is 5.36. The van der Waals surface area contributed by atoms with Crippen molar-refractivity contribution in [3.05, 3.63) is 52.5 Å². The lowest BCUT2D eigenvalue weighted by Gasteiger charge is -2.11. The molecule has 0 saturated carbocycles. The molecule has 3 heteroatoms. The summed E-state index contributed by atoms with van der Waals surface area (Å²) in [5.41, 5.74) is 1.35. The molecule has 84 valence electrons. The average Bonchev–Trinajstić information content (AvgIpc) is 2.82. The number of aromatic nitrogens is 1. The Bertz CT molecular complexity index is 399. The summed E-state index contributed by atoms with van der Waals surface area (Å²) in [4.78, 5) is 4.31. The number of thiazole rings is 1. The fourth-order valence-electron chi connectivity index (χ4n) is 1.73. The molecule has 0 aliphatic carbocycles. The highest BCUT2D eigenvalue weighted by Crippen LogP contribution is 2.17. The maximum absolute atomic E-state index is 6.01. The fraction of sp³-hybridized carbons (Fsp3) is 0.308. The lowest BCUT2D eigenvalue weighted by molar-refractivity contribution is 0.582. The Labute approximate surface area is 105 Å². The van der Waals surface area contributed by atoms with E-state index >= 15 is 0 Å². The van der Waals surface area contributed by atoms with Gasteiger partial charge in [-0.3, -0.25) is 0 Å². The molecule has 1 heterocycles. The van der Waals surface area contributed by atoms with Gasteiger partial charge in [0.15, 0.2) is 0 Å². The van der Waals surface area contributed by atoms with Gasteiger partial charge in [0, 0.05) is 23.9 Å². The average molecular weight is 252 g/mol. The van der Waals surface area contributed by atoms with Crippen LogP contribution >= 0.6 is 22.9 Å². The van der Waals surface area contributed by atoms with Crippen molar-refractivity contribution in [2.45, 2.75) is 12.8 Å². The molecule has 0 aliphatic rings. The first-order valence-corrected chi connectivity index (χ1v) is 6.78. The van der Waals surface area contributed by atoms with Gasteiger partial charge in [-0.2, -0.15) is 0 Å². The number of rotatable bonds is 5. The lowest BCUT2D eigenvalue weighted by atomic mass is 9.98. The molecule has 0 radical (unpaired) electrons. The predicted molar refractivity (Wildman–Crippen MR) is 70.2 cm³/mol. The van der Waals surface area contributed by atoms with E-state index in [1.807, 2.05) is 17.6 Å². The van der Waals surface area contributed by atoms with Gasteiger partial charge in [0.25, 0.3) is 0 Å². The zero-order valence-electron chi connectivity index (χ0n) is 8.97. The summed E-state index contributed by atoms with van der Waals surface area (Å²) in [6, 6.07) is 10.5. The van der Waals surface area contributed by atoms with Crippen LogP contribution in [0, 0.1) is 5.92 Å².